The Morgan fingerprint density at radius 1 is 1.00 bits per heavy atom. The van der Waals surface area contributed by atoms with Crippen molar-refractivity contribution in [1.29, 1.82) is 0 Å². The quantitative estimate of drug-likeness (QED) is 0.670. The summed E-state index contributed by atoms with van der Waals surface area (Å²) in [6.07, 6.45) is 8.46. The van der Waals surface area contributed by atoms with E-state index in [1.165, 1.54) is 12.8 Å². The van der Waals surface area contributed by atoms with Gasteiger partial charge in [-0.05, 0) is 61.2 Å². The van der Waals surface area contributed by atoms with Gasteiger partial charge in [0.15, 0.2) is 0 Å². The number of Topliss-reactive ketones (excluding diaryl/α,β-unsaturated/α-hetero) is 2. The first-order chi connectivity index (χ1) is 9.81. The van der Waals surface area contributed by atoms with Crippen LogP contribution in [-0.4, -0.2) is 11.6 Å². The van der Waals surface area contributed by atoms with Gasteiger partial charge in [0.1, 0.15) is 11.6 Å². The zero-order valence-electron chi connectivity index (χ0n) is 13.7. The predicted molar refractivity (Wildman–Crippen MR) is 81.7 cm³/mol. The Morgan fingerprint density at radius 3 is 2.52 bits per heavy atom. The van der Waals surface area contributed by atoms with Gasteiger partial charge in [-0.1, -0.05) is 20.8 Å². The standard InChI is InChI=1S/C19H28O2/c1-17(2)15-5-4-13-10-12-11-19(13,9-6-14(12)20)18(15,3)8-7-16(17)21/h12-13,15H,4-11H2,1-3H3/t12-,13-,15-,18-,19+/m0/s1. The summed E-state index contributed by atoms with van der Waals surface area (Å²) in [5, 5.41) is 0. The van der Waals surface area contributed by atoms with Crippen molar-refractivity contribution in [3.8, 4) is 0 Å². The fourth-order valence-corrected chi connectivity index (χ4v) is 7.24. The monoisotopic (exact) mass is 288 g/mol. The summed E-state index contributed by atoms with van der Waals surface area (Å²) >= 11 is 0. The van der Waals surface area contributed by atoms with Crippen molar-refractivity contribution < 1.29 is 9.59 Å². The maximum Gasteiger partial charge on any atom is 0.138 e. The van der Waals surface area contributed by atoms with Gasteiger partial charge in [-0.2, -0.15) is 0 Å². The van der Waals surface area contributed by atoms with E-state index < -0.39 is 0 Å². The van der Waals surface area contributed by atoms with Crippen molar-refractivity contribution in [2.45, 2.75) is 72.1 Å². The summed E-state index contributed by atoms with van der Waals surface area (Å²) in [7, 11) is 0. The molecule has 5 atom stereocenters. The van der Waals surface area contributed by atoms with E-state index in [4.69, 9.17) is 0 Å². The molecule has 116 valence electrons. The molecule has 4 fully saturated rings. The Hall–Kier alpha value is -0.660. The smallest absolute Gasteiger partial charge is 0.138 e. The van der Waals surface area contributed by atoms with Gasteiger partial charge in [0, 0.05) is 24.2 Å². The average Bonchev–Trinajstić information content (AvgIpc) is 2.76. The second-order valence-electron chi connectivity index (χ2n) is 9.15. The molecule has 4 aliphatic rings. The van der Waals surface area contributed by atoms with Gasteiger partial charge >= 0.3 is 0 Å². The van der Waals surface area contributed by atoms with Crippen molar-refractivity contribution in [2.24, 2.45) is 34.0 Å². The van der Waals surface area contributed by atoms with Crippen molar-refractivity contribution in [2.75, 3.05) is 0 Å². The number of hydrogen-bond acceptors (Lipinski definition) is 2. The summed E-state index contributed by atoms with van der Waals surface area (Å²) in [5.41, 5.74) is 0.488. The second-order valence-corrected chi connectivity index (χ2v) is 9.15. The summed E-state index contributed by atoms with van der Waals surface area (Å²) in [5.74, 6) is 2.62. The third kappa shape index (κ3) is 1.50. The first-order valence-corrected chi connectivity index (χ1v) is 8.87. The normalized spacial score (nSPS) is 51.5. The lowest BCUT2D eigenvalue weighted by Gasteiger charge is -2.64. The minimum absolute atomic E-state index is 0.160. The molecule has 0 radical (unpaired) electrons. The Morgan fingerprint density at radius 2 is 1.76 bits per heavy atom. The van der Waals surface area contributed by atoms with E-state index in [0.717, 1.165) is 44.4 Å². The Kier molecular flexibility index (Phi) is 2.66. The molecule has 0 heterocycles. The number of rotatable bonds is 0. The fourth-order valence-electron chi connectivity index (χ4n) is 7.24. The molecular weight excluding hydrogens is 260 g/mol. The number of carbonyl (C=O) groups is 2. The van der Waals surface area contributed by atoms with Gasteiger partial charge in [-0.15, -0.1) is 0 Å². The number of carbonyl (C=O) groups excluding carboxylic acids is 2. The van der Waals surface area contributed by atoms with Gasteiger partial charge in [0.25, 0.3) is 0 Å². The van der Waals surface area contributed by atoms with Crippen LogP contribution in [0.2, 0.25) is 0 Å². The Balaban J connectivity index is 1.80. The number of ketones is 2. The second kappa shape index (κ2) is 4.00. The molecule has 21 heavy (non-hydrogen) atoms. The largest absolute Gasteiger partial charge is 0.299 e. The van der Waals surface area contributed by atoms with Crippen LogP contribution in [0.25, 0.3) is 0 Å². The maximum atomic E-state index is 12.5. The highest BCUT2D eigenvalue weighted by molar-refractivity contribution is 5.86. The van der Waals surface area contributed by atoms with Crippen LogP contribution in [0.3, 0.4) is 0 Å². The van der Waals surface area contributed by atoms with Gasteiger partial charge < -0.3 is 0 Å². The van der Waals surface area contributed by atoms with E-state index in [2.05, 4.69) is 20.8 Å². The van der Waals surface area contributed by atoms with E-state index in [0.29, 0.717) is 28.8 Å². The molecule has 4 aliphatic carbocycles. The summed E-state index contributed by atoms with van der Waals surface area (Å²) in [6.45, 7) is 6.86. The lowest BCUT2D eigenvalue weighted by atomic mass is 9.40. The molecule has 0 N–H and O–H groups in total. The van der Waals surface area contributed by atoms with Gasteiger partial charge in [0.05, 0.1) is 0 Å². The van der Waals surface area contributed by atoms with E-state index in [1.807, 2.05) is 0 Å². The van der Waals surface area contributed by atoms with E-state index in [-0.39, 0.29) is 10.8 Å². The first-order valence-electron chi connectivity index (χ1n) is 8.87. The summed E-state index contributed by atoms with van der Waals surface area (Å²) in [4.78, 5) is 24.7. The van der Waals surface area contributed by atoms with Crippen molar-refractivity contribution in [3.63, 3.8) is 0 Å². The Labute approximate surface area is 128 Å². The molecule has 0 aromatic carbocycles. The van der Waals surface area contributed by atoms with Crippen LogP contribution in [0, 0.1) is 34.0 Å². The topological polar surface area (TPSA) is 34.1 Å². The lowest BCUT2D eigenvalue weighted by molar-refractivity contribution is -0.172. The van der Waals surface area contributed by atoms with E-state index in [9.17, 15) is 9.59 Å². The molecule has 2 bridgehead atoms. The SMILES string of the molecule is CC1(C)C(=O)CC[C@@]2(C)[C@H]1CC[C@H]1C[C@H]3C[C@]12CCC3=O. The molecule has 0 saturated heterocycles. The van der Waals surface area contributed by atoms with Gasteiger partial charge in [-0.3, -0.25) is 9.59 Å². The highest BCUT2D eigenvalue weighted by Gasteiger charge is 2.68. The maximum absolute atomic E-state index is 12.5. The van der Waals surface area contributed by atoms with Gasteiger partial charge in [-0.25, -0.2) is 0 Å². The first kappa shape index (κ1) is 14.0. The van der Waals surface area contributed by atoms with Crippen molar-refractivity contribution in [3.05, 3.63) is 0 Å². The zero-order chi connectivity index (χ0) is 15.0. The molecule has 2 nitrogen and oxygen atoms in total. The van der Waals surface area contributed by atoms with E-state index >= 15 is 0 Å². The van der Waals surface area contributed by atoms with Crippen molar-refractivity contribution >= 4 is 11.6 Å². The fraction of sp³-hybridized carbons (Fsp3) is 0.895. The van der Waals surface area contributed by atoms with Crippen LogP contribution in [0.4, 0.5) is 0 Å². The van der Waals surface area contributed by atoms with Crippen LogP contribution in [0.15, 0.2) is 0 Å². The molecule has 4 saturated carbocycles. The van der Waals surface area contributed by atoms with Gasteiger partial charge in [0.2, 0.25) is 0 Å². The molecule has 0 amide bonds. The number of fused-ring (bicyclic) bond motifs is 2. The highest BCUT2D eigenvalue weighted by Crippen LogP contribution is 2.73. The molecular formula is C19H28O2. The average molecular weight is 288 g/mol. The zero-order valence-corrected chi connectivity index (χ0v) is 13.7. The molecule has 2 heteroatoms. The molecule has 0 aromatic heterocycles. The summed E-state index contributed by atoms with van der Waals surface area (Å²) < 4.78 is 0. The molecule has 1 spiro atoms. The third-order valence-electron chi connectivity index (χ3n) is 8.41. The highest BCUT2D eigenvalue weighted by atomic mass is 16.1. The minimum Gasteiger partial charge on any atom is -0.299 e. The molecule has 4 rings (SSSR count). The van der Waals surface area contributed by atoms with Crippen LogP contribution in [-0.2, 0) is 9.59 Å². The number of hydrogen-bond donors (Lipinski definition) is 0. The van der Waals surface area contributed by atoms with Crippen molar-refractivity contribution in [1.82, 2.24) is 0 Å². The third-order valence-corrected chi connectivity index (χ3v) is 8.41. The Bertz CT molecular complexity index is 520. The van der Waals surface area contributed by atoms with Crippen LogP contribution in [0.5, 0.6) is 0 Å². The summed E-state index contributed by atoms with van der Waals surface area (Å²) in [6, 6.07) is 0. The van der Waals surface area contributed by atoms with Crippen LogP contribution in [0.1, 0.15) is 72.1 Å². The van der Waals surface area contributed by atoms with Crippen LogP contribution >= 0.6 is 0 Å². The minimum atomic E-state index is -0.160. The van der Waals surface area contributed by atoms with Crippen LogP contribution < -0.4 is 0 Å². The van der Waals surface area contributed by atoms with E-state index in [1.54, 1.807) is 0 Å². The molecule has 0 unspecified atom stereocenters. The lowest BCUT2D eigenvalue weighted by Crippen LogP contribution is -2.59. The predicted octanol–water partition coefficient (Wildman–Crippen LogP) is 4.17. The molecule has 0 aliphatic heterocycles. The molecule has 0 aromatic rings.